The summed E-state index contributed by atoms with van der Waals surface area (Å²) in [5, 5.41) is 0. The van der Waals surface area contributed by atoms with Crippen molar-refractivity contribution in [3.05, 3.63) is 0 Å². The third-order valence-corrected chi connectivity index (χ3v) is 6.22. The van der Waals surface area contributed by atoms with Gasteiger partial charge in [-0.2, -0.15) is 65.9 Å². The summed E-state index contributed by atoms with van der Waals surface area (Å²) in [6.45, 7) is -7.33. The molecule has 0 radical (unpaired) electrons. The molecule has 32 heavy (non-hydrogen) atoms. The highest BCUT2D eigenvalue weighted by atomic mass is 28.4. The summed E-state index contributed by atoms with van der Waals surface area (Å²) >= 11 is 0. The van der Waals surface area contributed by atoms with Crippen molar-refractivity contribution in [1.29, 1.82) is 0 Å². The highest BCUT2D eigenvalue weighted by Gasteiger charge is 2.63. The predicted molar refractivity (Wildman–Crippen MR) is 76.3 cm³/mol. The van der Waals surface area contributed by atoms with Crippen LogP contribution in [-0.4, -0.2) is 64.9 Å². The van der Waals surface area contributed by atoms with Crippen molar-refractivity contribution >= 4 is 8.80 Å². The summed E-state index contributed by atoms with van der Waals surface area (Å²) in [6, 6.07) is -1.22. The minimum absolute atomic E-state index is 0.119. The van der Waals surface area contributed by atoms with Crippen LogP contribution in [0.1, 0.15) is 19.8 Å². The normalized spacial score (nSPS) is 15.4. The molecule has 0 amide bonds. The molecule has 0 aliphatic rings. The molecule has 0 rings (SSSR count). The quantitative estimate of drug-likeness (QED) is 0.216. The van der Waals surface area contributed by atoms with E-state index in [-0.39, 0.29) is 6.42 Å². The van der Waals surface area contributed by atoms with Gasteiger partial charge in [-0.3, -0.25) is 0 Å². The summed E-state index contributed by atoms with van der Waals surface area (Å²) in [6.07, 6.45) is -19.7. The lowest BCUT2D eigenvalue weighted by Crippen LogP contribution is -2.56. The maximum absolute atomic E-state index is 13.1. The fourth-order valence-electron chi connectivity index (χ4n) is 1.58. The molecule has 194 valence electrons. The largest absolute Gasteiger partial charge is 0.501 e. The maximum atomic E-state index is 13.1. The monoisotopic (exact) mass is 532 g/mol. The predicted octanol–water partition coefficient (Wildman–Crippen LogP) is 6.37. The van der Waals surface area contributed by atoms with E-state index in [1.54, 1.807) is 0 Å². The molecule has 0 saturated heterocycles. The van der Waals surface area contributed by atoms with E-state index in [0.717, 1.165) is 0 Å². The molecule has 3 nitrogen and oxygen atoms in total. The zero-order valence-electron chi connectivity index (χ0n) is 15.6. The van der Waals surface area contributed by atoms with Crippen molar-refractivity contribution in [1.82, 2.24) is 0 Å². The van der Waals surface area contributed by atoms with Crippen molar-refractivity contribution in [2.45, 2.75) is 62.1 Å². The molecule has 0 saturated carbocycles. The molecule has 0 spiro atoms. The van der Waals surface area contributed by atoms with Crippen molar-refractivity contribution in [2.24, 2.45) is 0 Å². The van der Waals surface area contributed by atoms with Gasteiger partial charge in [0.15, 0.2) is 0 Å². The Morgan fingerprint density at radius 1 is 0.500 bits per heavy atom. The van der Waals surface area contributed by atoms with E-state index in [0.29, 0.717) is 0 Å². The van der Waals surface area contributed by atoms with Gasteiger partial charge in [-0.25, -0.2) is 0 Å². The number of unbranched alkanes of at least 4 members (excludes halogenated alkanes) is 1. The zero-order chi connectivity index (χ0) is 25.9. The van der Waals surface area contributed by atoms with E-state index >= 15 is 0 Å². The summed E-state index contributed by atoms with van der Waals surface area (Å²) in [5.74, 6) is -17.4. The lowest BCUT2D eigenvalue weighted by Gasteiger charge is -2.34. The number of halogens is 15. The van der Waals surface area contributed by atoms with Crippen LogP contribution in [0.25, 0.3) is 0 Å². The van der Waals surface area contributed by atoms with Gasteiger partial charge >= 0.3 is 45.1 Å². The van der Waals surface area contributed by atoms with Crippen molar-refractivity contribution in [2.75, 3.05) is 19.8 Å². The molecule has 0 heterocycles. The Balaban J connectivity index is 6.01. The Bertz CT molecular complexity index is 511. The molecule has 0 aromatic rings. The van der Waals surface area contributed by atoms with Crippen LogP contribution in [0.5, 0.6) is 0 Å². The van der Waals surface area contributed by atoms with E-state index in [2.05, 4.69) is 13.3 Å². The Morgan fingerprint density at radius 2 is 0.750 bits per heavy atom. The number of hydrogen-bond donors (Lipinski definition) is 0. The fraction of sp³-hybridized carbons (Fsp3) is 1.00. The first-order valence-electron chi connectivity index (χ1n) is 8.18. The molecular formula is C13H15F15O3Si. The van der Waals surface area contributed by atoms with Crippen LogP contribution in [0, 0.1) is 0 Å². The molecule has 0 unspecified atom stereocenters. The molecule has 0 atom stereocenters. The smallest absolute Gasteiger partial charge is 0.367 e. The molecule has 0 fully saturated rings. The summed E-state index contributed by atoms with van der Waals surface area (Å²) in [4.78, 5) is 0. The Labute approximate surface area is 171 Å². The fourth-order valence-corrected chi connectivity index (χ4v) is 4.26. The van der Waals surface area contributed by atoms with Gasteiger partial charge < -0.3 is 13.3 Å². The lowest BCUT2D eigenvalue weighted by atomic mass is 10.3. The van der Waals surface area contributed by atoms with Crippen LogP contribution in [0.2, 0.25) is 6.04 Å². The Morgan fingerprint density at radius 3 is 0.938 bits per heavy atom. The van der Waals surface area contributed by atoms with Gasteiger partial charge in [0.05, 0.1) is 0 Å². The lowest BCUT2D eigenvalue weighted by molar-refractivity contribution is -0.304. The summed E-state index contributed by atoms with van der Waals surface area (Å²) < 4.78 is 201. The highest BCUT2D eigenvalue weighted by Crippen LogP contribution is 2.41. The third-order valence-electron chi connectivity index (χ3n) is 3.50. The van der Waals surface area contributed by atoms with Gasteiger partial charge in [0.2, 0.25) is 0 Å². The first-order valence-corrected chi connectivity index (χ1v) is 10.1. The second-order valence-electron chi connectivity index (χ2n) is 6.26. The van der Waals surface area contributed by atoms with E-state index in [9.17, 15) is 65.9 Å². The van der Waals surface area contributed by atoms with Gasteiger partial charge in [0.1, 0.15) is 19.8 Å². The summed E-state index contributed by atoms with van der Waals surface area (Å²) in [7, 11) is -5.82. The van der Waals surface area contributed by atoms with E-state index in [1.165, 1.54) is 6.92 Å². The van der Waals surface area contributed by atoms with Crippen molar-refractivity contribution in [3.63, 3.8) is 0 Å². The second-order valence-corrected chi connectivity index (χ2v) is 8.99. The molecular weight excluding hydrogens is 517 g/mol. The van der Waals surface area contributed by atoms with Gasteiger partial charge in [0.25, 0.3) is 0 Å². The topological polar surface area (TPSA) is 27.7 Å². The molecule has 0 bridgehead atoms. The van der Waals surface area contributed by atoms with Crippen LogP contribution in [0.4, 0.5) is 65.9 Å². The van der Waals surface area contributed by atoms with Gasteiger partial charge in [-0.05, 0) is 6.42 Å². The van der Waals surface area contributed by atoms with Crippen molar-refractivity contribution in [3.8, 4) is 0 Å². The van der Waals surface area contributed by atoms with Crippen LogP contribution < -0.4 is 0 Å². The maximum Gasteiger partial charge on any atom is 0.501 e. The van der Waals surface area contributed by atoms with Crippen LogP contribution in [0.15, 0.2) is 0 Å². The zero-order valence-corrected chi connectivity index (χ0v) is 16.6. The number of hydrogen-bond acceptors (Lipinski definition) is 3. The minimum Gasteiger partial charge on any atom is -0.367 e. The Hall–Kier alpha value is -0.953. The molecule has 19 heteroatoms. The van der Waals surface area contributed by atoms with Gasteiger partial charge in [-0.15, -0.1) is 0 Å². The van der Waals surface area contributed by atoms with E-state index in [1.807, 2.05) is 0 Å². The molecule has 0 aromatic carbocycles. The standard InChI is InChI=1S/C13H15F15O3Si/c1-2-3-4-32(29-5-8(14,15)11(20,21)22,30-6-9(16,17)12(23,24)25)31-7-10(18,19)13(26,27)28/h2-7H2,1H3. The van der Waals surface area contributed by atoms with Crippen LogP contribution in [-0.2, 0) is 13.3 Å². The molecule has 0 aliphatic carbocycles. The van der Waals surface area contributed by atoms with Gasteiger partial charge in [0, 0.05) is 6.04 Å². The van der Waals surface area contributed by atoms with E-state index in [4.69, 9.17) is 0 Å². The molecule has 0 aliphatic heterocycles. The van der Waals surface area contributed by atoms with Gasteiger partial charge in [-0.1, -0.05) is 13.3 Å². The molecule has 0 aromatic heterocycles. The molecule has 0 N–H and O–H groups in total. The average molecular weight is 532 g/mol. The second kappa shape index (κ2) is 10.1. The van der Waals surface area contributed by atoms with Crippen molar-refractivity contribution < 1.29 is 79.1 Å². The van der Waals surface area contributed by atoms with E-state index < -0.39 is 77.4 Å². The minimum atomic E-state index is -6.36. The third kappa shape index (κ3) is 8.43. The summed E-state index contributed by atoms with van der Waals surface area (Å²) in [5.41, 5.74) is 0. The van der Waals surface area contributed by atoms with Crippen LogP contribution >= 0.6 is 0 Å². The first kappa shape index (κ1) is 31.0. The number of alkyl halides is 15. The SMILES string of the molecule is CCCC[Si](OCC(F)(F)C(F)(F)F)(OCC(F)(F)C(F)(F)F)OCC(F)(F)C(F)(F)F. The Kier molecular flexibility index (Phi) is 9.82. The van der Waals surface area contributed by atoms with Crippen LogP contribution in [0.3, 0.4) is 0 Å². The first-order chi connectivity index (χ1) is 13.9. The average Bonchev–Trinajstić information content (AvgIpc) is 2.57. The number of rotatable bonds is 12. The highest BCUT2D eigenvalue weighted by molar-refractivity contribution is 6.60.